The molecule has 0 aromatic carbocycles. The molecule has 2 rings (SSSR count). The van der Waals surface area contributed by atoms with E-state index in [9.17, 15) is 8.42 Å². The van der Waals surface area contributed by atoms with Crippen molar-refractivity contribution in [3.05, 3.63) is 12.3 Å². The van der Waals surface area contributed by atoms with Gasteiger partial charge in [0.2, 0.25) is 0 Å². The van der Waals surface area contributed by atoms with Gasteiger partial charge in [-0.25, -0.2) is 13.1 Å². The first kappa shape index (κ1) is 15.4. The van der Waals surface area contributed by atoms with Gasteiger partial charge in [0.25, 0.3) is 10.0 Å². The van der Waals surface area contributed by atoms with Crippen molar-refractivity contribution < 1.29 is 8.42 Å². The second kappa shape index (κ2) is 5.56. The third-order valence-electron chi connectivity index (χ3n) is 3.35. The smallest absolute Gasteiger partial charge is 0.258 e. The number of halogens is 1. The predicted molar refractivity (Wildman–Crippen MR) is 71.0 cm³/mol. The highest BCUT2D eigenvalue weighted by atomic mass is 35.5. The number of nitrogens with zero attached hydrogens (tertiary/aromatic N) is 2. The highest BCUT2D eigenvalue weighted by Gasteiger charge is 2.37. The van der Waals surface area contributed by atoms with Crippen LogP contribution < -0.4 is 10.5 Å². The van der Waals surface area contributed by atoms with Gasteiger partial charge >= 0.3 is 0 Å². The minimum Gasteiger partial charge on any atom is -0.329 e. The van der Waals surface area contributed by atoms with Crippen molar-refractivity contribution in [3.63, 3.8) is 0 Å². The zero-order valence-corrected chi connectivity index (χ0v) is 11.9. The lowest BCUT2D eigenvalue weighted by molar-refractivity contribution is 0.397. The van der Waals surface area contributed by atoms with Crippen molar-refractivity contribution in [1.82, 2.24) is 14.5 Å². The molecule has 6 nitrogen and oxygen atoms in total. The van der Waals surface area contributed by atoms with Crippen molar-refractivity contribution in [2.45, 2.75) is 36.2 Å². The standard InChI is InChI=1S/C10H18N4O2S.ClH/c1-14-9(4-7-12-14)17(15,16)13-10(8-11)5-2-3-6-10;/h4,7,13H,2-3,5-6,8,11H2,1H3;1H. The number of rotatable bonds is 4. The number of aromatic nitrogens is 2. The minimum atomic E-state index is -3.53. The van der Waals surface area contributed by atoms with E-state index in [-0.39, 0.29) is 17.4 Å². The SMILES string of the molecule is Cl.Cn1nccc1S(=O)(=O)NC1(CN)CCCC1. The first-order valence-corrected chi connectivity index (χ1v) is 7.19. The Morgan fingerprint density at radius 2 is 2.11 bits per heavy atom. The van der Waals surface area contributed by atoms with Crippen LogP contribution in [0.15, 0.2) is 17.3 Å². The van der Waals surface area contributed by atoms with Crippen LogP contribution >= 0.6 is 12.4 Å². The maximum atomic E-state index is 12.2. The first-order valence-electron chi connectivity index (χ1n) is 5.71. The van der Waals surface area contributed by atoms with Crippen LogP contribution in [0.25, 0.3) is 0 Å². The molecule has 18 heavy (non-hydrogen) atoms. The van der Waals surface area contributed by atoms with Crippen LogP contribution in [0.5, 0.6) is 0 Å². The summed E-state index contributed by atoms with van der Waals surface area (Å²) in [4.78, 5) is 0. The van der Waals surface area contributed by atoms with E-state index < -0.39 is 15.6 Å². The Morgan fingerprint density at radius 1 is 1.50 bits per heavy atom. The van der Waals surface area contributed by atoms with Crippen molar-refractivity contribution in [2.75, 3.05) is 6.54 Å². The third kappa shape index (κ3) is 2.85. The molecule has 104 valence electrons. The molecule has 0 spiro atoms. The van der Waals surface area contributed by atoms with Gasteiger partial charge in [0.1, 0.15) is 0 Å². The fourth-order valence-corrected chi connectivity index (χ4v) is 3.96. The highest BCUT2D eigenvalue weighted by molar-refractivity contribution is 7.89. The average molecular weight is 295 g/mol. The van der Waals surface area contributed by atoms with Crippen LogP contribution in [-0.2, 0) is 17.1 Å². The molecule has 0 radical (unpaired) electrons. The molecule has 0 saturated heterocycles. The van der Waals surface area contributed by atoms with Crippen LogP contribution in [0.1, 0.15) is 25.7 Å². The quantitative estimate of drug-likeness (QED) is 0.841. The van der Waals surface area contributed by atoms with E-state index in [4.69, 9.17) is 5.73 Å². The van der Waals surface area contributed by atoms with Gasteiger partial charge in [-0.3, -0.25) is 4.68 Å². The van der Waals surface area contributed by atoms with Gasteiger partial charge in [-0.2, -0.15) is 5.10 Å². The predicted octanol–water partition coefficient (Wildman–Crippen LogP) is 0.392. The molecule has 3 N–H and O–H groups in total. The highest BCUT2D eigenvalue weighted by Crippen LogP contribution is 2.30. The molecule has 0 aliphatic heterocycles. The number of hydrogen-bond acceptors (Lipinski definition) is 4. The van der Waals surface area contributed by atoms with Crippen LogP contribution in [0, 0.1) is 0 Å². The van der Waals surface area contributed by atoms with Gasteiger partial charge in [-0.15, -0.1) is 12.4 Å². The fourth-order valence-electron chi connectivity index (χ4n) is 2.36. The Bertz CT molecular complexity index is 494. The summed E-state index contributed by atoms with van der Waals surface area (Å²) < 4.78 is 28.5. The summed E-state index contributed by atoms with van der Waals surface area (Å²) in [5.74, 6) is 0. The summed E-state index contributed by atoms with van der Waals surface area (Å²) in [7, 11) is -1.92. The molecule has 0 amide bonds. The normalized spacial score (nSPS) is 18.6. The number of hydrogen-bond donors (Lipinski definition) is 2. The fraction of sp³-hybridized carbons (Fsp3) is 0.700. The third-order valence-corrected chi connectivity index (χ3v) is 5.01. The number of aryl methyl sites for hydroxylation is 1. The Hall–Kier alpha value is -0.630. The Balaban J connectivity index is 0.00000162. The lowest BCUT2D eigenvalue weighted by Gasteiger charge is -2.28. The Morgan fingerprint density at radius 3 is 2.56 bits per heavy atom. The van der Waals surface area contributed by atoms with Crippen LogP contribution in [-0.4, -0.2) is 30.3 Å². The minimum absolute atomic E-state index is 0. The summed E-state index contributed by atoms with van der Waals surface area (Å²) >= 11 is 0. The van der Waals surface area contributed by atoms with Crippen molar-refractivity contribution in [3.8, 4) is 0 Å². The van der Waals surface area contributed by atoms with E-state index in [0.717, 1.165) is 25.7 Å². The molecule has 1 saturated carbocycles. The molecule has 1 aromatic rings. The van der Waals surface area contributed by atoms with Crippen LogP contribution in [0.4, 0.5) is 0 Å². The lowest BCUT2D eigenvalue weighted by Crippen LogP contribution is -2.51. The second-order valence-electron chi connectivity index (χ2n) is 4.59. The van der Waals surface area contributed by atoms with Gasteiger partial charge in [-0.1, -0.05) is 12.8 Å². The Kier molecular flexibility index (Phi) is 4.77. The van der Waals surface area contributed by atoms with E-state index in [1.54, 1.807) is 7.05 Å². The largest absolute Gasteiger partial charge is 0.329 e. The molecular formula is C10H19ClN4O2S. The molecular weight excluding hydrogens is 276 g/mol. The summed E-state index contributed by atoms with van der Waals surface area (Å²) in [5.41, 5.74) is 5.25. The molecule has 0 unspecified atom stereocenters. The monoisotopic (exact) mass is 294 g/mol. The zero-order valence-electron chi connectivity index (χ0n) is 10.3. The van der Waals surface area contributed by atoms with Gasteiger partial charge in [0.15, 0.2) is 5.03 Å². The van der Waals surface area contributed by atoms with Crippen LogP contribution in [0.3, 0.4) is 0 Å². The summed E-state index contributed by atoms with van der Waals surface area (Å²) in [6, 6.07) is 1.49. The van der Waals surface area contributed by atoms with E-state index in [2.05, 4.69) is 9.82 Å². The summed E-state index contributed by atoms with van der Waals surface area (Å²) in [6.45, 7) is 0.337. The van der Waals surface area contributed by atoms with Crippen molar-refractivity contribution in [1.29, 1.82) is 0 Å². The molecule has 1 aromatic heterocycles. The van der Waals surface area contributed by atoms with Gasteiger partial charge < -0.3 is 5.73 Å². The first-order chi connectivity index (χ1) is 7.99. The summed E-state index contributed by atoms with van der Waals surface area (Å²) in [5, 5.41) is 4.05. The van der Waals surface area contributed by atoms with E-state index in [0.29, 0.717) is 6.54 Å². The molecule has 1 aliphatic carbocycles. The van der Waals surface area contributed by atoms with Crippen molar-refractivity contribution >= 4 is 22.4 Å². The summed E-state index contributed by atoms with van der Waals surface area (Å²) in [6.07, 6.45) is 5.12. The maximum Gasteiger partial charge on any atom is 0.258 e. The lowest BCUT2D eigenvalue weighted by atomic mass is 10.0. The van der Waals surface area contributed by atoms with Gasteiger partial charge in [0, 0.05) is 19.1 Å². The topological polar surface area (TPSA) is 90.0 Å². The molecule has 1 fully saturated rings. The van der Waals surface area contributed by atoms with E-state index >= 15 is 0 Å². The molecule has 8 heteroatoms. The van der Waals surface area contributed by atoms with Crippen LogP contribution in [0.2, 0.25) is 0 Å². The number of nitrogens with two attached hydrogens (primary N) is 1. The molecule has 0 atom stereocenters. The Labute approximate surface area is 113 Å². The molecule has 0 bridgehead atoms. The van der Waals surface area contributed by atoms with E-state index in [1.165, 1.54) is 16.9 Å². The maximum absolute atomic E-state index is 12.2. The zero-order chi connectivity index (χ0) is 12.5. The number of sulfonamides is 1. The second-order valence-corrected chi connectivity index (χ2v) is 6.22. The molecule has 1 aliphatic rings. The molecule has 1 heterocycles. The van der Waals surface area contributed by atoms with Gasteiger partial charge in [0.05, 0.1) is 6.20 Å². The number of nitrogens with one attached hydrogen (secondary N) is 1. The van der Waals surface area contributed by atoms with Crippen molar-refractivity contribution in [2.24, 2.45) is 12.8 Å². The van der Waals surface area contributed by atoms with E-state index in [1.807, 2.05) is 0 Å². The average Bonchev–Trinajstić information content (AvgIpc) is 2.87. The van der Waals surface area contributed by atoms with Gasteiger partial charge in [-0.05, 0) is 18.9 Å².